The summed E-state index contributed by atoms with van der Waals surface area (Å²) >= 11 is 0. The zero-order valence-electron chi connectivity index (χ0n) is 25.6. The Morgan fingerprint density at radius 3 is 1.72 bits per heavy atom. The van der Waals surface area contributed by atoms with Crippen LogP contribution in [0.25, 0.3) is 0 Å². The van der Waals surface area contributed by atoms with E-state index in [0.29, 0.717) is 0 Å². The third-order valence-electron chi connectivity index (χ3n) is 6.50. The third kappa shape index (κ3) is 19.1. The summed E-state index contributed by atoms with van der Waals surface area (Å²) in [4.78, 5) is 11.7. The molecule has 0 saturated carbocycles. The van der Waals surface area contributed by atoms with Gasteiger partial charge in [0.25, 0.3) is 10.1 Å². The zero-order valence-corrected chi connectivity index (χ0v) is 26.4. The molecule has 1 rings (SSSR count). The van der Waals surface area contributed by atoms with Gasteiger partial charge in [-0.3, -0.25) is 4.55 Å². The van der Waals surface area contributed by atoms with E-state index in [4.69, 9.17) is 9.29 Å². The second-order valence-corrected chi connectivity index (χ2v) is 13.0. The number of hydrogen-bond donors (Lipinski definition) is 2. The summed E-state index contributed by atoms with van der Waals surface area (Å²) < 4.78 is 51.2. The largest absolute Gasteiger partial charge is 0.444 e. The van der Waals surface area contributed by atoms with E-state index in [1.807, 2.05) is 0 Å². The van der Waals surface area contributed by atoms with Crippen LogP contribution in [0.4, 0.5) is 9.18 Å². The number of nitrogens with zero attached hydrogens (tertiary/aromatic N) is 1. The van der Waals surface area contributed by atoms with Crippen molar-refractivity contribution in [3.8, 4) is 0 Å². The number of ether oxygens (including phenoxy) is 1. The lowest BCUT2D eigenvalue weighted by Gasteiger charge is -2.39. The van der Waals surface area contributed by atoms with Crippen molar-refractivity contribution in [3.05, 3.63) is 35.6 Å². The van der Waals surface area contributed by atoms with Crippen LogP contribution in [0, 0.1) is 5.82 Å². The molecule has 228 valence electrons. The number of alkyl carbamates (subject to hydrolysis) is 1. The summed E-state index contributed by atoms with van der Waals surface area (Å²) in [5.41, 5.74) is -0.530. The molecule has 1 amide bonds. The maximum Gasteiger partial charge on any atom is 0.407 e. The van der Waals surface area contributed by atoms with Gasteiger partial charge in [-0.05, 0) is 64.5 Å². The fourth-order valence-electron chi connectivity index (χ4n) is 4.45. The number of halogens is 1. The first kappa shape index (κ1) is 37.3. The molecule has 0 unspecified atom stereocenters. The molecular formula is C30H56FN2O5S+. The van der Waals surface area contributed by atoms with Crippen LogP contribution in [0.1, 0.15) is 105 Å². The van der Waals surface area contributed by atoms with Crippen LogP contribution in [-0.4, -0.2) is 67.1 Å². The van der Waals surface area contributed by atoms with Crippen LogP contribution in [0.3, 0.4) is 0 Å². The van der Waals surface area contributed by atoms with E-state index >= 15 is 0 Å². The number of quaternary nitrogens is 1. The molecule has 1 aromatic carbocycles. The van der Waals surface area contributed by atoms with Crippen LogP contribution < -0.4 is 5.32 Å². The van der Waals surface area contributed by atoms with E-state index in [1.54, 1.807) is 26.8 Å². The monoisotopic (exact) mass is 575 g/mol. The van der Waals surface area contributed by atoms with E-state index in [9.17, 15) is 17.6 Å². The molecule has 0 aliphatic heterocycles. The Bertz CT molecular complexity index is 865. The number of rotatable bonds is 17. The fraction of sp³-hybridized carbons (Fsp3) is 0.767. The summed E-state index contributed by atoms with van der Waals surface area (Å²) in [7, 11) is -4.34. The number of unbranched alkanes of at least 4 members (excludes halogenated alkanes) is 4. The second kappa shape index (κ2) is 19.4. The molecule has 0 heterocycles. The SMILES string of the molecule is CC(C)(C)OC(=O)N[C@H](Cc1ccccc1F)CS(=O)(=O)O.CCCC[N+](CCCC)(CCCC)CCCC. The molecular weight excluding hydrogens is 519 g/mol. The van der Waals surface area contributed by atoms with Crippen molar-refractivity contribution in [2.75, 3.05) is 31.9 Å². The number of benzene rings is 1. The summed E-state index contributed by atoms with van der Waals surface area (Å²) in [5.74, 6) is -1.26. The Morgan fingerprint density at radius 2 is 1.36 bits per heavy atom. The molecule has 1 atom stereocenters. The average Bonchev–Trinajstić information content (AvgIpc) is 2.83. The topological polar surface area (TPSA) is 92.7 Å². The summed E-state index contributed by atoms with van der Waals surface area (Å²) in [5, 5.41) is 2.34. The quantitative estimate of drug-likeness (QED) is 0.152. The smallest absolute Gasteiger partial charge is 0.407 e. The highest BCUT2D eigenvalue weighted by molar-refractivity contribution is 7.85. The van der Waals surface area contributed by atoms with E-state index in [-0.39, 0.29) is 12.0 Å². The number of nitrogens with one attached hydrogen (secondary N) is 1. The Morgan fingerprint density at radius 1 is 0.923 bits per heavy atom. The van der Waals surface area contributed by atoms with E-state index in [0.717, 1.165) is 0 Å². The van der Waals surface area contributed by atoms with Crippen molar-refractivity contribution in [1.82, 2.24) is 5.32 Å². The highest BCUT2D eigenvalue weighted by Crippen LogP contribution is 2.16. The van der Waals surface area contributed by atoms with E-state index in [2.05, 4.69) is 33.0 Å². The molecule has 0 saturated heterocycles. The standard InChI is InChI=1S/C16H36N.C14H20FNO5S/c1-5-9-13-17(14-10-6-2,15-11-7-3)16-12-8-4;1-14(2,3)21-13(17)16-11(9-22(18,19)20)8-10-6-4-5-7-12(10)15/h5-16H2,1-4H3;4-7,11H,8-9H2,1-3H3,(H,16,17)(H,18,19,20)/q+1;/t;11-/m.1/s1. The molecule has 1 aromatic rings. The van der Waals surface area contributed by atoms with Crippen molar-refractivity contribution >= 4 is 16.2 Å². The van der Waals surface area contributed by atoms with Gasteiger partial charge in [0.05, 0.1) is 38.0 Å². The highest BCUT2D eigenvalue weighted by atomic mass is 32.2. The van der Waals surface area contributed by atoms with E-state index < -0.39 is 39.4 Å². The molecule has 0 fully saturated rings. The van der Waals surface area contributed by atoms with Crippen LogP contribution in [0.5, 0.6) is 0 Å². The molecule has 0 spiro atoms. The second-order valence-electron chi connectivity index (χ2n) is 11.5. The average molecular weight is 576 g/mol. The summed E-state index contributed by atoms with van der Waals surface area (Å²) in [6, 6.07) is 4.78. The molecule has 0 aromatic heterocycles. The van der Waals surface area contributed by atoms with Gasteiger partial charge in [0.15, 0.2) is 0 Å². The minimum Gasteiger partial charge on any atom is -0.444 e. The van der Waals surface area contributed by atoms with Crippen molar-refractivity contribution in [2.45, 2.75) is 118 Å². The Labute approximate surface area is 238 Å². The van der Waals surface area contributed by atoms with Crippen LogP contribution >= 0.6 is 0 Å². The minimum atomic E-state index is -4.34. The van der Waals surface area contributed by atoms with Gasteiger partial charge in [0.1, 0.15) is 11.4 Å². The van der Waals surface area contributed by atoms with Gasteiger partial charge in [0.2, 0.25) is 0 Å². The lowest BCUT2D eigenvalue weighted by molar-refractivity contribution is -0.929. The lowest BCUT2D eigenvalue weighted by atomic mass is 10.1. The molecule has 0 bridgehead atoms. The van der Waals surface area contributed by atoms with Gasteiger partial charge in [-0.1, -0.05) is 71.6 Å². The van der Waals surface area contributed by atoms with Crippen LogP contribution in [-0.2, 0) is 21.3 Å². The first-order valence-corrected chi connectivity index (χ1v) is 16.3. The van der Waals surface area contributed by atoms with Gasteiger partial charge in [-0.25, -0.2) is 9.18 Å². The maximum atomic E-state index is 13.6. The number of carbonyl (C=O) groups excluding carboxylic acids is 1. The van der Waals surface area contributed by atoms with Crippen molar-refractivity contribution in [2.24, 2.45) is 0 Å². The maximum absolute atomic E-state index is 13.6. The predicted molar refractivity (Wildman–Crippen MR) is 159 cm³/mol. The minimum absolute atomic E-state index is 0.0916. The summed E-state index contributed by atoms with van der Waals surface area (Å²) in [6.07, 6.45) is 10.1. The van der Waals surface area contributed by atoms with Crippen molar-refractivity contribution < 1.29 is 31.4 Å². The van der Waals surface area contributed by atoms with Crippen molar-refractivity contribution in [3.63, 3.8) is 0 Å². The first-order valence-electron chi connectivity index (χ1n) is 14.7. The first-order chi connectivity index (χ1) is 18.2. The fourth-order valence-corrected chi connectivity index (χ4v) is 5.16. The van der Waals surface area contributed by atoms with Crippen LogP contribution in [0.2, 0.25) is 0 Å². The normalized spacial score (nSPS) is 12.8. The lowest BCUT2D eigenvalue weighted by Crippen LogP contribution is -2.50. The zero-order chi connectivity index (χ0) is 30.0. The molecule has 2 N–H and O–H groups in total. The molecule has 7 nitrogen and oxygen atoms in total. The van der Waals surface area contributed by atoms with Crippen LogP contribution in [0.15, 0.2) is 24.3 Å². The number of amides is 1. The number of carbonyl (C=O) groups is 1. The van der Waals surface area contributed by atoms with Crippen molar-refractivity contribution in [1.29, 1.82) is 0 Å². The predicted octanol–water partition coefficient (Wildman–Crippen LogP) is 7.15. The molecule has 39 heavy (non-hydrogen) atoms. The Hall–Kier alpha value is -1.71. The van der Waals surface area contributed by atoms with E-state index in [1.165, 1.54) is 100 Å². The molecule has 0 aliphatic carbocycles. The molecule has 0 aliphatic rings. The van der Waals surface area contributed by atoms with Gasteiger partial charge in [0, 0.05) is 0 Å². The molecule has 9 heteroatoms. The highest BCUT2D eigenvalue weighted by Gasteiger charge is 2.25. The van der Waals surface area contributed by atoms with Gasteiger partial charge < -0.3 is 14.5 Å². The van der Waals surface area contributed by atoms with Gasteiger partial charge >= 0.3 is 6.09 Å². The van der Waals surface area contributed by atoms with Gasteiger partial charge in [-0.2, -0.15) is 8.42 Å². The molecule has 0 radical (unpaired) electrons. The third-order valence-corrected chi connectivity index (χ3v) is 7.32. The van der Waals surface area contributed by atoms with Gasteiger partial charge in [-0.15, -0.1) is 0 Å². The summed E-state index contributed by atoms with van der Waals surface area (Å²) in [6.45, 7) is 20.0. The Balaban J connectivity index is 0.000000768. The number of hydrogen-bond acceptors (Lipinski definition) is 4. The Kier molecular flexibility index (Phi) is 18.5.